The number of amides is 1. The lowest BCUT2D eigenvalue weighted by atomic mass is 10.1. The predicted octanol–water partition coefficient (Wildman–Crippen LogP) is 2.69. The van der Waals surface area contributed by atoms with E-state index < -0.39 is 10.2 Å². The number of hydrogen-bond acceptors (Lipinski definition) is 3. The van der Waals surface area contributed by atoms with Crippen LogP contribution < -0.4 is 5.32 Å². The lowest BCUT2D eigenvalue weighted by Gasteiger charge is -2.34. The van der Waals surface area contributed by atoms with E-state index in [-0.39, 0.29) is 12.5 Å². The van der Waals surface area contributed by atoms with Gasteiger partial charge in [0.05, 0.1) is 6.54 Å². The van der Waals surface area contributed by atoms with Crippen molar-refractivity contribution in [3.8, 4) is 0 Å². The molecule has 1 amide bonds. The molecule has 0 aliphatic carbocycles. The Bertz CT molecular complexity index is 913. The summed E-state index contributed by atoms with van der Waals surface area (Å²) in [5.74, 6) is -0.325. The number of anilines is 1. The highest BCUT2D eigenvalue weighted by atomic mass is 32.2. The lowest BCUT2D eigenvalue weighted by Crippen LogP contribution is -2.51. The molecule has 2 aromatic carbocycles. The number of benzene rings is 2. The number of hydrogen-bond donors (Lipinski definition) is 1. The van der Waals surface area contributed by atoms with Gasteiger partial charge in [-0.1, -0.05) is 42.5 Å². The Balaban J connectivity index is 1.68. The summed E-state index contributed by atoms with van der Waals surface area (Å²) in [6.07, 6.45) is 0.697. The number of carbonyl (C=O) groups excluding carboxylic acids is 1. The van der Waals surface area contributed by atoms with Gasteiger partial charge < -0.3 is 5.32 Å². The standard InChI is InChI=1S/C20H25N3O3S/c1-16-9-10-17(2)19(13-16)21-20(24)15-23-12-6-11-22(27(23,25)26)14-18-7-4-3-5-8-18/h3-5,7-10,13H,6,11-12,14-15H2,1-2H3,(H,21,24). The molecule has 0 saturated carbocycles. The van der Waals surface area contributed by atoms with Gasteiger partial charge in [0, 0.05) is 25.3 Å². The topological polar surface area (TPSA) is 69.7 Å². The number of nitrogens with zero attached hydrogens (tertiary/aromatic N) is 2. The monoisotopic (exact) mass is 387 g/mol. The van der Waals surface area contributed by atoms with Crippen molar-refractivity contribution in [2.75, 3.05) is 25.0 Å². The first-order chi connectivity index (χ1) is 12.9. The molecule has 1 aliphatic rings. The maximum atomic E-state index is 12.9. The second-order valence-electron chi connectivity index (χ2n) is 6.88. The second kappa shape index (κ2) is 8.21. The van der Waals surface area contributed by atoms with Crippen LogP contribution in [0.2, 0.25) is 0 Å². The number of carbonyl (C=O) groups is 1. The molecule has 0 bridgehead atoms. The third kappa shape index (κ3) is 4.74. The molecule has 144 valence electrons. The number of nitrogens with one attached hydrogen (secondary N) is 1. The van der Waals surface area contributed by atoms with E-state index >= 15 is 0 Å². The molecule has 7 heteroatoms. The van der Waals surface area contributed by atoms with Crippen LogP contribution in [0.3, 0.4) is 0 Å². The minimum Gasteiger partial charge on any atom is -0.325 e. The zero-order valence-corrected chi connectivity index (χ0v) is 16.5. The fourth-order valence-corrected chi connectivity index (χ4v) is 4.79. The molecule has 1 heterocycles. The summed E-state index contributed by atoms with van der Waals surface area (Å²) < 4.78 is 28.5. The normalized spacial score (nSPS) is 17.6. The van der Waals surface area contributed by atoms with Crippen molar-refractivity contribution in [2.24, 2.45) is 0 Å². The molecule has 1 saturated heterocycles. The fourth-order valence-electron chi connectivity index (χ4n) is 3.15. The Kier molecular flexibility index (Phi) is 5.94. The first-order valence-corrected chi connectivity index (χ1v) is 10.4. The third-order valence-corrected chi connectivity index (χ3v) is 6.58. The van der Waals surface area contributed by atoms with Crippen molar-refractivity contribution < 1.29 is 13.2 Å². The van der Waals surface area contributed by atoms with Crippen LogP contribution in [0, 0.1) is 13.8 Å². The largest absolute Gasteiger partial charge is 0.325 e. The SMILES string of the molecule is Cc1ccc(C)c(NC(=O)CN2CCCN(Cc3ccccc3)S2(=O)=O)c1. The highest BCUT2D eigenvalue weighted by Crippen LogP contribution is 2.20. The zero-order chi connectivity index (χ0) is 19.4. The van der Waals surface area contributed by atoms with Crippen molar-refractivity contribution >= 4 is 21.8 Å². The Morgan fingerprint density at radius 3 is 2.48 bits per heavy atom. The fraction of sp³-hybridized carbons (Fsp3) is 0.350. The van der Waals surface area contributed by atoms with E-state index in [1.807, 2.05) is 62.4 Å². The van der Waals surface area contributed by atoms with Crippen LogP contribution in [-0.4, -0.2) is 42.6 Å². The maximum absolute atomic E-state index is 12.9. The Morgan fingerprint density at radius 1 is 1.04 bits per heavy atom. The molecule has 0 unspecified atom stereocenters. The van der Waals surface area contributed by atoms with E-state index in [2.05, 4.69) is 5.32 Å². The van der Waals surface area contributed by atoms with Crippen molar-refractivity contribution in [1.29, 1.82) is 0 Å². The molecule has 0 atom stereocenters. The van der Waals surface area contributed by atoms with Gasteiger partial charge in [0.2, 0.25) is 5.91 Å². The lowest BCUT2D eigenvalue weighted by molar-refractivity contribution is -0.116. The molecule has 1 fully saturated rings. The molecule has 6 nitrogen and oxygen atoms in total. The summed E-state index contributed by atoms with van der Waals surface area (Å²) in [6, 6.07) is 15.3. The third-order valence-electron chi connectivity index (χ3n) is 4.66. The molecular weight excluding hydrogens is 362 g/mol. The van der Waals surface area contributed by atoms with Gasteiger partial charge in [-0.2, -0.15) is 17.0 Å². The van der Waals surface area contributed by atoms with Crippen molar-refractivity contribution in [3.05, 3.63) is 65.2 Å². The van der Waals surface area contributed by atoms with Gasteiger partial charge in [-0.15, -0.1) is 0 Å². The molecule has 2 aromatic rings. The number of rotatable bonds is 5. The van der Waals surface area contributed by atoms with Crippen LogP contribution in [0.5, 0.6) is 0 Å². The Morgan fingerprint density at radius 2 is 1.74 bits per heavy atom. The van der Waals surface area contributed by atoms with Gasteiger partial charge in [0.15, 0.2) is 0 Å². The molecule has 27 heavy (non-hydrogen) atoms. The maximum Gasteiger partial charge on any atom is 0.282 e. The van der Waals surface area contributed by atoms with Gasteiger partial charge in [-0.3, -0.25) is 4.79 Å². The van der Waals surface area contributed by atoms with Crippen LogP contribution in [0.1, 0.15) is 23.1 Å². The molecule has 0 aromatic heterocycles. The molecule has 3 rings (SSSR count). The van der Waals surface area contributed by atoms with Crippen LogP contribution in [0.15, 0.2) is 48.5 Å². The average molecular weight is 388 g/mol. The van der Waals surface area contributed by atoms with Gasteiger partial charge in [0.25, 0.3) is 10.2 Å². The van der Waals surface area contributed by atoms with Crippen molar-refractivity contribution in [2.45, 2.75) is 26.8 Å². The van der Waals surface area contributed by atoms with E-state index in [0.717, 1.165) is 22.4 Å². The van der Waals surface area contributed by atoms with Crippen LogP contribution >= 0.6 is 0 Å². The van der Waals surface area contributed by atoms with E-state index in [0.29, 0.717) is 26.1 Å². The summed E-state index contributed by atoms with van der Waals surface area (Å²) in [5, 5.41) is 2.84. The zero-order valence-electron chi connectivity index (χ0n) is 15.7. The van der Waals surface area contributed by atoms with Crippen LogP contribution in [0.4, 0.5) is 5.69 Å². The highest BCUT2D eigenvalue weighted by Gasteiger charge is 2.34. The first kappa shape index (κ1) is 19.5. The molecule has 0 spiro atoms. The van der Waals surface area contributed by atoms with E-state index in [9.17, 15) is 13.2 Å². The van der Waals surface area contributed by atoms with E-state index in [1.165, 1.54) is 8.61 Å². The first-order valence-electron chi connectivity index (χ1n) is 9.02. The summed E-state index contributed by atoms with van der Waals surface area (Å²) in [6.45, 7) is 4.82. The van der Waals surface area contributed by atoms with E-state index in [1.54, 1.807) is 0 Å². The van der Waals surface area contributed by atoms with Crippen LogP contribution in [-0.2, 0) is 21.5 Å². The molecule has 1 N–H and O–H groups in total. The Hall–Kier alpha value is -2.22. The van der Waals surface area contributed by atoms with Gasteiger partial charge in [0.1, 0.15) is 0 Å². The minimum absolute atomic E-state index is 0.180. The highest BCUT2D eigenvalue weighted by molar-refractivity contribution is 7.86. The van der Waals surface area contributed by atoms with E-state index in [4.69, 9.17) is 0 Å². The second-order valence-corrected chi connectivity index (χ2v) is 8.81. The average Bonchev–Trinajstić information content (AvgIpc) is 2.63. The Labute approximate surface area is 161 Å². The van der Waals surface area contributed by atoms with Gasteiger partial charge >= 0.3 is 0 Å². The summed E-state index contributed by atoms with van der Waals surface area (Å²) >= 11 is 0. The summed E-state index contributed by atoms with van der Waals surface area (Å²) in [7, 11) is -3.66. The van der Waals surface area contributed by atoms with Gasteiger partial charge in [-0.05, 0) is 43.0 Å². The predicted molar refractivity (Wildman–Crippen MR) is 107 cm³/mol. The van der Waals surface area contributed by atoms with Crippen LogP contribution in [0.25, 0.3) is 0 Å². The smallest absolute Gasteiger partial charge is 0.282 e. The molecular formula is C20H25N3O3S. The van der Waals surface area contributed by atoms with Gasteiger partial charge in [-0.25, -0.2) is 0 Å². The van der Waals surface area contributed by atoms with Crippen molar-refractivity contribution in [3.63, 3.8) is 0 Å². The minimum atomic E-state index is -3.66. The quantitative estimate of drug-likeness (QED) is 0.858. The van der Waals surface area contributed by atoms with Crippen molar-refractivity contribution in [1.82, 2.24) is 8.61 Å². The summed E-state index contributed by atoms with van der Waals surface area (Å²) in [5.41, 5.74) is 3.63. The molecule has 1 aliphatic heterocycles. The summed E-state index contributed by atoms with van der Waals surface area (Å²) in [4.78, 5) is 12.5. The molecule has 0 radical (unpaired) electrons. The number of aryl methyl sites for hydroxylation is 2.